The monoisotopic (exact) mass is 176 g/mol. The van der Waals surface area contributed by atoms with Gasteiger partial charge in [0.2, 0.25) is 0 Å². The van der Waals surface area contributed by atoms with Crippen molar-refractivity contribution in [2.24, 2.45) is 0 Å². The van der Waals surface area contributed by atoms with E-state index in [1.807, 2.05) is 6.92 Å². The lowest BCUT2D eigenvalue weighted by atomic mass is 10.0. The van der Waals surface area contributed by atoms with Crippen LogP contribution in [0, 0.1) is 11.3 Å². The summed E-state index contributed by atoms with van der Waals surface area (Å²) in [6.45, 7) is 2.13. The summed E-state index contributed by atoms with van der Waals surface area (Å²) in [5, 5.41) is 11.7. The zero-order chi connectivity index (χ0) is 9.42. The van der Waals surface area contributed by atoms with Gasteiger partial charge in [-0.25, -0.2) is 4.79 Å². The maximum absolute atomic E-state index is 11.1. The number of dihydropyridines is 1. The number of allylic oxidation sites excluding steroid dienone is 2. The zero-order valence-corrected chi connectivity index (χ0v) is 7.18. The highest BCUT2D eigenvalue weighted by atomic mass is 16.5. The molecule has 1 N–H and O–H groups in total. The van der Waals surface area contributed by atoms with E-state index in [0.29, 0.717) is 24.2 Å². The van der Waals surface area contributed by atoms with Gasteiger partial charge in [-0.05, 0) is 6.92 Å². The van der Waals surface area contributed by atoms with E-state index in [2.05, 4.69) is 11.4 Å². The Balaban J connectivity index is 2.33. The molecular weight excluding hydrogens is 168 g/mol. The lowest BCUT2D eigenvalue weighted by Crippen LogP contribution is -2.19. The molecular formula is C9H8N2O2. The summed E-state index contributed by atoms with van der Waals surface area (Å²) in [6, 6.07) is 2.06. The smallest absolute Gasteiger partial charge is 0.336 e. The largest absolute Gasteiger partial charge is 0.456 e. The number of nitrogens with one attached hydrogen (secondary N) is 1. The minimum Gasteiger partial charge on any atom is -0.456 e. The van der Waals surface area contributed by atoms with Crippen molar-refractivity contribution in [3.8, 4) is 6.07 Å². The van der Waals surface area contributed by atoms with Crippen LogP contribution < -0.4 is 5.32 Å². The normalized spacial score (nSPS) is 20.8. The van der Waals surface area contributed by atoms with E-state index in [1.165, 1.54) is 0 Å². The molecule has 4 nitrogen and oxygen atoms in total. The van der Waals surface area contributed by atoms with E-state index in [-0.39, 0.29) is 5.97 Å². The third-order valence-corrected chi connectivity index (χ3v) is 2.24. The molecule has 0 saturated carbocycles. The molecule has 0 fully saturated rings. The lowest BCUT2D eigenvalue weighted by Gasteiger charge is -2.14. The van der Waals surface area contributed by atoms with Crippen molar-refractivity contribution in [2.45, 2.75) is 13.3 Å². The molecule has 0 unspecified atom stereocenters. The highest BCUT2D eigenvalue weighted by Crippen LogP contribution is 2.27. The Morgan fingerprint density at radius 3 is 3.08 bits per heavy atom. The number of cyclic esters (lactones) is 1. The van der Waals surface area contributed by atoms with E-state index >= 15 is 0 Å². The fraction of sp³-hybridized carbons (Fsp3) is 0.333. The number of nitrogens with zero attached hydrogens (tertiary/aromatic N) is 1. The van der Waals surface area contributed by atoms with Crippen molar-refractivity contribution in [2.75, 3.05) is 6.61 Å². The van der Waals surface area contributed by atoms with E-state index < -0.39 is 0 Å². The van der Waals surface area contributed by atoms with Crippen LogP contribution in [0.15, 0.2) is 22.5 Å². The quantitative estimate of drug-likeness (QED) is 0.548. The molecule has 0 aromatic rings. The molecule has 0 saturated heterocycles. The van der Waals surface area contributed by atoms with Gasteiger partial charge in [0.15, 0.2) is 0 Å². The van der Waals surface area contributed by atoms with Crippen molar-refractivity contribution in [1.82, 2.24) is 5.32 Å². The van der Waals surface area contributed by atoms with Crippen molar-refractivity contribution in [3.63, 3.8) is 0 Å². The van der Waals surface area contributed by atoms with Gasteiger partial charge in [-0.2, -0.15) is 5.26 Å². The number of carbonyl (C=O) groups excluding carboxylic acids is 1. The lowest BCUT2D eigenvalue weighted by molar-refractivity contribution is -0.136. The van der Waals surface area contributed by atoms with Crippen LogP contribution in [0.4, 0.5) is 0 Å². The molecule has 2 aliphatic rings. The molecule has 0 bridgehead atoms. The average Bonchev–Trinajstić information content (AvgIpc) is 2.46. The summed E-state index contributed by atoms with van der Waals surface area (Å²) >= 11 is 0. The molecule has 0 amide bonds. The van der Waals surface area contributed by atoms with Crippen LogP contribution in [-0.2, 0) is 9.53 Å². The second-order valence-electron chi connectivity index (χ2n) is 3.05. The number of hydrogen-bond donors (Lipinski definition) is 1. The van der Waals surface area contributed by atoms with Crippen LogP contribution in [0.25, 0.3) is 0 Å². The van der Waals surface area contributed by atoms with E-state index in [1.54, 1.807) is 0 Å². The van der Waals surface area contributed by atoms with Gasteiger partial charge in [0, 0.05) is 12.1 Å². The standard InChI is InChI=1S/C9H8N2O2/c1-5-6(3-10)2-7-8(11-5)4-13-9(7)12/h11H,2,4H2,1H3. The minimum atomic E-state index is -0.303. The molecule has 2 aliphatic heterocycles. The maximum atomic E-state index is 11.1. The Bertz CT molecular complexity index is 385. The average molecular weight is 176 g/mol. The van der Waals surface area contributed by atoms with E-state index in [0.717, 1.165) is 11.4 Å². The topological polar surface area (TPSA) is 62.1 Å². The minimum absolute atomic E-state index is 0.303. The fourth-order valence-corrected chi connectivity index (χ4v) is 1.46. The first kappa shape index (κ1) is 7.87. The van der Waals surface area contributed by atoms with Crippen LogP contribution in [0.3, 0.4) is 0 Å². The highest BCUT2D eigenvalue weighted by Gasteiger charge is 2.29. The maximum Gasteiger partial charge on any atom is 0.336 e. The van der Waals surface area contributed by atoms with E-state index in [4.69, 9.17) is 10.00 Å². The van der Waals surface area contributed by atoms with Crippen LogP contribution in [-0.4, -0.2) is 12.6 Å². The van der Waals surface area contributed by atoms with E-state index in [9.17, 15) is 4.79 Å². The van der Waals surface area contributed by atoms with Crippen molar-refractivity contribution in [3.05, 3.63) is 22.5 Å². The Hall–Kier alpha value is -1.76. The van der Waals surface area contributed by atoms with Gasteiger partial charge >= 0.3 is 5.97 Å². The second-order valence-corrected chi connectivity index (χ2v) is 3.05. The SMILES string of the molecule is CC1=C(C#N)CC2=C(COC2=O)N1. The first-order chi connectivity index (χ1) is 6.22. The molecule has 0 spiro atoms. The van der Waals surface area contributed by atoms with Gasteiger partial charge in [-0.3, -0.25) is 0 Å². The molecule has 2 rings (SSSR count). The number of ether oxygens (including phenoxy) is 1. The Morgan fingerprint density at radius 1 is 1.62 bits per heavy atom. The molecule has 0 aromatic carbocycles. The Kier molecular flexibility index (Phi) is 1.59. The molecule has 0 aliphatic carbocycles. The first-order valence-electron chi connectivity index (χ1n) is 3.98. The number of rotatable bonds is 0. The molecule has 0 aromatic heterocycles. The number of nitriles is 1. The molecule has 2 heterocycles. The molecule has 13 heavy (non-hydrogen) atoms. The van der Waals surface area contributed by atoms with Gasteiger partial charge in [-0.15, -0.1) is 0 Å². The van der Waals surface area contributed by atoms with Gasteiger partial charge < -0.3 is 10.1 Å². The van der Waals surface area contributed by atoms with Crippen molar-refractivity contribution < 1.29 is 9.53 Å². The second kappa shape index (κ2) is 2.63. The molecule has 0 radical (unpaired) electrons. The number of hydrogen-bond acceptors (Lipinski definition) is 4. The molecule has 0 atom stereocenters. The summed E-state index contributed by atoms with van der Waals surface area (Å²) in [5.41, 5.74) is 2.83. The van der Waals surface area contributed by atoms with Crippen molar-refractivity contribution in [1.29, 1.82) is 5.26 Å². The predicted molar refractivity (Wildman–Crippen MR) is 44.1 cm³/mol. The van der Waals surface area contributed by atoms with Gasteiger partial charge in [-0.1, -0.05) is 0 Å². The first-order valence-corrected chi connectivity index (χ1v) is 3.98. The van der Waals surface area contributed by atoms with Crippen molar-refractivity contribution >= 4 is 5.97 Å². The summed E-state index contributed by atoms with van der Waals surface area (Å²) in [7, 11) is 0. The summed E-state index contributed by atoms with van der Waals surface area (Å²) in [6.07, 6.45) is 0.406. The third-order valence-electron chi connectivity index (χ3n) is 2.24. The number of carbonyl (C=O) groups is 1. The van der Waals surface area contributed by atoms with Gasteiger partial charge in [0.05, 0.1) is 22.9 Å². The molecule has 66 valence electrons. The highest BCUT2D eigenvalue weighted by molar-refractivity contribution is 5.92. The van der Waals surface area contributed by atoms with Crippen LogP contribution in [0.2, 0.25) is 0 Å². The van der Waals surface area contributed by atoms with Crippen LogP contribution >= 0.6 is 0 Å². The molecule has 4 heteroatoms. The van der Waals surface area contributed by atoms with Crippen LogP contribution in [0.5, 0.6) is 0 Å². The summed E-state index contributed by atoms with van der Waals surface area (Å²) in [5.74, 6) is -0.303. The van der Waals surface area contributed by atoms with Crippen LogP contribution in [0.1, 0.15) is 13.3 Å². The zero-order valence-electron chi connectivity index (χ0n) is 7.18. The Labute approximate surface area is 75.5 Å². The number of esters is 1. The Morgan fingerprint density at radius 2 is 2.38 bits per heavy atom. The predicted octanol–water partition coefficient (Wildman–Crippen LogP) is 0.588. The van der Waals surface area contributed by atoms with Gasteiger partial charge in [0.1, 0.15) is 6.61 Å². The summed E-state index contributed by atoms with van der Waals surface area (Å²) < 4.78 is 4.83. The fourth-order valence-electron chi connectivity index (χ4n) is 1.46. The summed E-state index contributed by atoms with van der Waals surface area (Å²) in [4.78, 5) is 11.1. The third kappa shape index (κ3) is 1.09. The van der Waals surface area contributed by atoms with Gasteiger partial charge in [0.25, 0.3) is 0 Å².